The first-order chi connectivity index (χ1) is 16.7. The van der Waals surface area contributed by atoms with Crippen LogP contribution in [0.1, 0.15) is 59.3 Å². The number of carbonyl (C=O) groups excluding carboxylic acids is 3. The van der Waals surface area contributed by atoms with Gasteiger partial charge in [-0.05, 0) is 61.0 Å². The van der Waals surface area contributed by atoms with E-state index >= 15 is 0 Å². The predicted molar refractivity (Wildman–Crippen MR) is 120 cm³/mol. The number of alkyl halides is 3. The number of Topliss-reactive ketones (excluding diaryl/α,β-unsaturated/α-hetero) is 1. The molecule has 4 aliphatic carbocycles. The van der Waals surface area contributed by atoms with Crippen LogP contribution in [0.5, 0.6) is 0 Å². The summed E-state index contributed by atoms with van der Waals surface area (Å²) in [5.41, 5.74) is -2.69. The number of ketones is 1. The van der Waals surface area contributed by atoms with Gasteiger partial charge in [0.2, 0.25) is 5.78 Å². The van der Waals surface area contributed by atoms with E-state index in [9.17, 15) is 32.7 Å². The average molecular weight is 515 g/mol. The summed E-state index contributed by atoms with van der Waals surface area (Å²) in [7, 11) is 1.58. The first-order valence-electron chi connectivity index (χ1n) is 12.3. The highest BCUT2D eigenvalue weighted by Gasteiger charge is 2.69. The van der Waals surface area contributed by atoms with Crippen molar-refractivity contribution in [1.29, 1.82) is 0 Å². The smallest absolute Gasteiger partial charge is 0.490 e. The van der Waals surface area contributed by atoms with Gasteiger partial charge in [-0.2, -0.15) is 13.2 Å². The van der Waals surface area contributed by atoms with E-state index in [2.05, 4.69) is 6.08 Å². The van der Waals surface area contributed by atoms with E-state index < -0.39 is 59.0 Å². The van der Waals surface area contributed by atoms with E-state index in [-0.39, 0.29) is 24.7 Å². The number of ether oxygens (including phenoxy) is 3. The molecule has 0 amide bonds. The van der Waals surface area contributed by atoms with Crippen LogP contribution in [0, 0.1) is 28.6 Å². The maximum atomic E-state index is 13.3. The van der Waals surface area contributed by atoms with Crippen molar-refractivity contribution in [3.8, 4) is 0 Å². The quantitative estimate of drug-likeness (QED) is 0.553. The average Bonchev–Trinajstić information content (AvgIpc) is 3.07. The lowest BCUT2D eigenvalue weighted by Gasteiger charge is -2.60. The maximum absolute atomic E-state index is 13.3. The zero-order chi connectivity index (χ0) is 26.7. The standard InChI is InChI=1S/C26H33F3O7/c1-14(30)35-13-20(31)25(33)10-8-18-17-6-5-15-11-16(34-4)7-9-23(15,2)21(17)19(12-24(18,25)3)36-22(32)26(27,28)29/h5,11,17-19,21,33H,6-10,12-13H2,1-4H3/t17-,18-,19-,21+,23-,24-,25-/m0/s1. The molecule has 0 aliphatic heterocycles. The van der Waals surface area contributed by atoms with Gasteiger partial charge in [0.05, 0.1) is 12.9 Å². The number of carbonyl (C=O) groups is 3. The first kappa shape index (κ1) is 26.7. The maximum Gasteiger partial charge on any atom is 0.490 e. The van der Waals surface area contributed by atoms with Crippen molar-refractivity contribution in [2.75, 3.05) is 13.7 Å². The zero-order valence-corrected chi connectivity index (χ0v) is 20.9. The second-order valence-electron chi connectivity index (χ2n) is 11.1. The van der Waals surface area contributed by atoms with Crippen LogP contribution in [0.2, 0.25) is 0 Å². The van der Waals surface area contributed by atoms with Crippen molar-refractivity contribution in [3.05, 3.63) is 23.5 Å². The van der Waals surface area contributed by atoms with Crippen molar-refractivity contribution in [2.45, 2.75) is 77.2 Å². The van der Waals surface area contributed by atoms with Gasteiger partial charge < -0.3 is 19.3 Å². The van der Waals surface area contributed by atoms with Gasteiger partial charge in [-0.1, -0.05) is 19.9 Å². The Morgan fingerprint density at radius 1 is 1.19 bits per heavy atom. The molecule has 0 radical (unpaired) electrons. The van der Waals surface area contributed by atoms with Crippen LogP contribution in [0.15, 0.2) is 23.5 Å². The molecule has 0 aromatic rings. The van der Waals surface area contributed by atoms with Gasteiger partial charge in [0.1, 0.15) is 11.7 Å². The monoisotopic (exact) mass is 514 g/mol. The van der Waals surface area contributed by atoms with Gasteiger partial charge >= 0.3 is 18.1 Å². The number of esters is 2. The first-order valence-corrected chi connectivity index (χ1v) is 12.3. The summed E-state index contributed by atoms with van der Waals surface area (Å²) >= 11 is 0. The third-order valence-electron chi connectivity index (χ3n) is 9.42. The van der Waals surface area contributed by atoms with Crippen LogP contribution in [0.25, 0.3) is 0 Å². The molecule has 7 atom stereocenters. The number of methoxy groups -OCH3 is 1. The Morgan fingerprint density at radius 3 is 2.50 bits per heavy atom. The van der Waals surface area contributed by atoms with E-state index in [1.54, 1.807) is 14.0 Å². The lowest BCUT2D eigenvalue weighted by molar-refractivity contribution is -0.225. The lowest BCUT2D eigenvalue weighted by atomic mass is 9.46. The molecule has 0 aromatic carbocycles. The molecular weight excluding hydrogens is 481 g/mol. The number of aliphatic hydroxyl groups is 1. The molecule has 0 heterocycles. The Hall–Kier alpha value is -2.36. The molecule has 36 heavy (non-hydrogen) atoms. The molecule has 4 rings (SSSR count). The Bertz CT molecular complexity index is 1020. The Balaban J connectivity index is 1.76. The Kier molecular flexibility index (Phi) is 6.59. The molecule has 1 N–H and O–H groups in total. The zero-order valence-electron chi connectivity index (χ0n) is 20.9. The summed E-state index contributed by atoms with van der Waals surface area (Å²) < 4.78 is 55.4. The molecule has 200 valence electrons. The second kappa shape index (κ2) is 8.89. The van der Waals surface area contributed by atoms with Gasteiger partial charge in [0.25, 0.3) is 0 Å². The normalized spacial score (nSPS) is 39.6. The van der Waals surface area contributed by atoms with Gasteiger partial charge in [-0.25, -0.2) is 4.79 Å². The van der Waals surface area contributed by atoms with Crippen molar-refractivity contribution < 1.29 is 46.9 Å². The third kappa shape index (κ3) is 4.05. The molecule has 2 saturated carbocycles. The highest BCUT2D eigenvalue weighted by atomic mass is 19.4. The van der Waals surface area contributed by atoms with E-state index in [1.165, 1.54) is 0 Å². The largest absolute Gasteiger partial charge is 0.501 e. The molecule has 0 aromatic heterocycles. The SMILES string of the molecule is COC1=CC2=CC[C@@H]3[C@H]([C@@H](OC(=O)C(F)(F)F)C[C@@]4(C)[C@H]3CC[C@]4(O)C(=O)COC(C)=O)[C@@]2(C)CC1. The van der Waals surface area contributed by atoms with Crippen LogP contribution in [0.4, 0.5) is 13.2 Å². The van der Waals surface area contributed by atoms with Crippen LogP contribution in [0.3, 0.4) is 0 Å². The molecule has 0 saturated heterocycles. The summed E-state index contributed by atoms with van der Waals surface area (Å²) in [6, 6.07) is 0. The Labute approximate surface area is 208 Å². The van der Waals surface area contributed by atoms with Gasteiger partial charge in [0, 0.05) is 24.7 Å². The van der Waals surface area contributed by atoms with Gasteiger partial charge in [-0.3, -0.25) is 9.59 Å². The minimum atomic E-state index is -5.17. The molecule has 0 bridgehead atoms. The number of halogens is 3. The molecule has 0 unspecified atom stereocenters. The summed E-state index contributed by atoms with van der Waals surface area (Å²) in [6.07, 6.45) is -0.160. The highest BCUT2D eigenvalue weighted by Crippen LogP contribution is 2.67. The van der Waals surface area contributed by atoms with Crippen molar-refractivity contribution in [1.82, 2.24) is 0 Å². The fourth-order valence-corrected chi connectivity index (χ4v) is 7.62. The third-order valence-corrected chi connectivity index (χ3v) is 9.42. The van der Waals surface area contributed by atoms with E-state index in [4.69, 9.17) is 14.2 Å². The molecule has 2 fully saturated rings. The minimum Gasteiger partial charge on any atom is -0.501 e. The number of fused-ring (bicyclic) bond motifs is 5. The van der Waals surface area contributed by atoms with E-state index in [0.29, 0.717) is 25.7 Å². The molecule has 10 heteroatoms. The summed E-state index contributed by atoms with van der Waals surface area (Å²) in [5.74, 6) is -3.69. The fourth-order valence-electron chi connectivity index (χ4n) is 7.62. The molecule has 0 spiro atoms. The number of rotatable bonds is 5. The highest BCUT2D eigenvalue weighted by molar-refractivity contribution is 5.91. The number of hydrogen-bond acceptors (Lipinski definition) is 7. The summed E-state index contributed by atoms with van der Waals surface area (Å²) in [4.78, 5) is 36.4. The van der Waals surface area contributed by atoms with Crippen molar-refractivity contribution >= 4 is 17.7 Å². The molecule has 7 nitrogen and oxygen atoms in total. The summed E-state index contributed by atoms with van der Waals surface area (Å²) in [6.45, 7) is 4.20. The lowest BCUT2D eigenvalue weighted by Crippen LogP contribution is -2.62. The van der Waals surface area contributed by atoms with Crippen molar-refractivity contribution in [3.63, 3.8) is 0 Å². The van der Waals surface area contributed by atoms with E-state index in [1.807, 2.05) is 13.0 Å². The van der Waals surface area contributed by atoms with E-state index in [0.717, 1.165) is 18.3 Å². The van der Waals surface area contributed by atoms with Crippen molar-refractivity contribution in [2.24, 2.45) is 28.6 Å². The fraction of sp³-hybridized carbons (Fsp3) is 0.731. The van der Waals surface area contributed by atoms with Gasteiger partial charge in [0.15, 0.2) is 6.61 Å². The Morgan fingerprint density at radius 2 is 1.89 bits per heavy atom. The summed E-state index contributed by atoms with van der Waals surface area (Å²) in [5, 5.41) is 11.6. The number of allylic oxidation sites excluding steroid dienone is 4. The van der Waals surface area contributed by atoms with Crippen LogP contribution in [-0.2, 0) is 28.6 Å². The second-order valence-corrected chi connectivity index (χ2v) is 11.1. The van der Waals surface area contributed by atoms with Crippen LogP contribution >= 0.6 is 0 Å². The van der Waals surface area contributed by atoms with Gasteiger partial charge in [-0.15, -0.1) is 0 Å². The minimum absolute atomic E-state index is 0.0957. The number of hydrogen-bond donors (Lipinski definition) is 1. The topological polar surface area (TPSA) is 99.1 Å². The van der Waals surface area contributed by atoms with Crippen LogP contribution in [-0.4, -0.2) is 54.4 Å². The molecular formula is C26H33F3O7. The molecule has 4 aliphatic rings. The van der Waals surface area contributed by atoms with Crippen LogP contribution < -0.4 is 0 Å². The predicted octanol–water partition coefficient (Wildman–Crippen LogP) is 4.04.